The molecular formula is C16H15F7INO2. The highest BCUT2D eigenvalue weighted by Crippen LogP contribution is 2.50. The predicted octanol–water partition coefficient (Wildman–Crippen LogP) is 4.85. The van der Waals surface area contributed by atoms with Crippen molar-refractivity contribution in [2.75, 3.05) is 11.0 Å². The maximum Gasteiger partial charge on any atom is 0.459 e. The van der Waals surface area contributed by atoms with Crippen molar-refractivity contribution in [3.63, 3.8) is 0 Å². The molecule has 0 aliphatic carbocycles. The molecule has 1 saturated heterocycles. The van der Waals surface area contributed by atoms with Crippen LogP contribution in [-0.2, 0) is 16.2 Å². The molecule has 0 bridgehead atoms. The minimum absolute atomic E-state index is 0.0671. The summed E-state index contributed by atoms with van der Waals surface area (Å²) in [7, 11) is 0. The van der Waals surface area contributed by atoms with Gasteiger partial charge in [-0.1, -0.05) is 52.9 Å². The van der Waals surface area contributed by atoms with Crippen molar-refractivity contribution < 1.29 is 40.4 Å². The summed E-state index contributed by atoms with van der Waals surface area (Å²) in [4.78, 5) is 17.5. The smallest absolute Gasteiger partial charge is 0.272 e. The molecule has 152 valence electrons. The Balaban J connectivity index is 2.10. The monoisotopic (exact) mass is 513 g/mol. The standard InChI is InChI=1S/C16H15F7INO2/c17-14(18,15(19,20)16(21,22)23)6-12-11(7-24)8-25(13(12)26)27-9-10-4-2-1-3-5-10/h1-5,11-12H,6-9H2/t11-,12-/m0/s1. The highest BCUT2D eigenvalue weighted by molar-refractivity contribution is 14.1. The maximum absolute atomic E-state index is 13.7. The van der Waals surface area contributed by atoms with Crippen LogP contribution in [0.1, 0.15) is 12.0 Å². The molecule has 1 heterocycles. The molecule has 2 atom stereocenters. The lowest BCUT2D eigenvalue weighted by Gasteiger charge is -2.30. The van der Waals surface area contributed by atoms with E-state index in [1.165, 1.54) is 0 Å². The van der Waals surface area contributed by atoms with E-state index in [9.17, 15) is 35.5 Å². The third-order valence-corrected chi connectivity index (χ3v) is 5.38. The summed E-state index contributed by atoms with van der Waals surface area (Å²) < 4.78 is 90.8. The van der Waals surface area contributed by atoms with Gasteiger partial charge in [-0.05, 0) is 11.5 Å². The molecule has 1 aromatic carbocycles. The minimum atomic E-state index is -6.42. The molecule has 0 radical (unpaired) electrons. The number of hydrogen-bond donors (Lipinski definition) is 0. The van der Waals surface area contributed by atoms with Gasteiger partial charge in [-0.25, -0.2) is 5.06 Å². The van der Waals surface area contributed by atoms with E-state index in [4.69, 9.17) is 4.84 Å². The van der Waals surface area contributed by atoms with Crippen molar-refractivity contribution in [2.24, 2.45) is 11.8 Å². The number of amides is 1. The largest absolute Gasteiger partial charge is 0.459 e. The van der Waals surface area contributed by atoms with E-state index in [-0.39, 0.29) is 17.6 Å². The van der Waals surface area contributed by atoms with Gasteiger partial charge in [0.05, 0.1) is 12.5 Å². The quantitative estimate of drug-likeness (QED) is 0.297. The third kappa shape index (κ3) is 4.66. The summed E-state index contributed by atoms with van der Waals surface area (Å²) >= 11 is 1.76. The van der Waals surface area contributed by atoms with Gasteiger partial charge in [-0.2, -0.15) is 30.7 Å². The molecule has 0 spiro atoms. The molecule has 1 aliphatic rings. The van der Waals surface area contributed by atoms with Crippen LogP contribution >= 0.6 is 22.6 Å². The number of nitrogens with zero attached hydrogens (tertiary/aromatic N) is 1. The molecule has 0 aromatic heterocycles. The van der Waals surface area contributed by atoms with Crippen LogP contribution in [0, 0.1) is 11.8 Å². The second-order valence-corrected chi connectivity index (χ2v) is 7.04. The predicted molar refractivity (Wildman–Crippen MR) is 89.4 cm³/mol. The van der Waals surface area contributed by atoms with E-state index in [0.717, 1.165) is 5.06 Å². The van der Waals surface area contributed by atoms with Gasteiger partial charge in [-0.3, -0.25) is 9.63 Å². The average Bonchev–Trinajstić information content (AvgIpc) is 2.88. The second kappa shape index (κ2) is 8.10. The Kier molecular flexibility index (Phi) is 6.65. The Morgan fingerprint density at radius 3 is 2.19 bits per heavy atom. The molecular weight excluding hydrogens is 498 g/mol. The molecule has 3 nitrogen and oxygen atoms in total. The fraction of sp³-hybridized carbons (Fsp3) is 0.562. The number of carbonyl (C=O) groups excluding carboxylic acids is 1. The van der Waals surface area contributed by atoms with E-state index in [0.29, 0.717) is 5.56 Å². The number of alkyl halides is 8. The van der Waals surface area contributed by atoms with Gasteiger partial charge in [-0.15, -0.1) is 0 Å². The van der Waals surface area contributed by atoms with Crippen molar-refractivity contribution in [1.82, 2.24) is 5.06 Å². The number of benzene rings is 1. The second-order valence-electron chi connectivity index (χ2n) is 6.16. The molecule has 0 unspecified atom stereocenters. The fourth-order valence-corrected chi connectivity index (χ4v) is 3.57. The van der Waals surface area contributed by atoms with E-state index < -0.39 is 42.2 Å². The average molecular weight is 513 g/mol. The maximum atomic E-state index is 13.7. The van der Waals surface area contributed by atoms with Crippen molar-refractivity contribution in [2.45, 2.75) is 31.0 Å². The van der Waals surface area contributed by atoms with Crippen LogP contribution in [0.2, 0.25) is 0 Å². The highest BCUT2D eigenvalue weighted by atomic mass is 127. The van der Waals surface area contributed by atoms with Crippen LogP contribution < -0.4 is 0 Å². The van der Waals surface area contributed by atoms with Gasteiger partial charge in [0.15, 0.2) is 0 Å². The summed E-state index contributed by atoms with van der Waals surface area (Å²) in [5.74, 6) is -15.2. The molecule has 27 heavy (non-hydrogen) atoms. The zero-order valence-electron chi connectivity index (χ0n) is 13.7. The van der Waals surface area contributed by atoms with E-state index >= 15 is 0 Å². The van der Waals surface area contributed by atoms with Gasteiger partial charge in [0.25, 0.3) is 0 Å². The zero-order valence-corrected chi connectivity index (χ0v) is 15.8. The Morgan fingerprint density at radius 1 is 1.07 bits per heavy atom. The first-order valence-corrected chi connectivity index (χ1v) is 9.30. The lowest BCUT2D eigenvalue weighted by molar-refractivity contribution is -0.357. The lowest BCUT2D eigenvalue weighted by Crippen LogP contribution is -2.53. The summed E-state index contributed by atoms with van der Waals surface area (Å²) in [6.45, 7) is -0.227. The van der Waals surface area contributed by atoms with E-state index in [1.54, 1.807) is 52.9 Å². The molecule has 0 N–H and O–H groups in total. The molecule has 1 aliphatic heterocycles. The van der Waals surface area contributed by atoms with Crippen molar-refractivity contribution in [1.29, 1.82) is 0 Å². The van der Waals surface area contributed by atoms with Gasteiger partial charge >= 0.3 is 18.0 Å². The SMILES string of the molecule is O=C1[C@@H](CC(F)(F)C(F)(F)C(F)(F)F)[C@@H](CI)CN1OCc1ccccc1. The van der Waals surface area contributed by atoms with Gasteiger partial charge in [0.2, 0.25) is 5.91 Å². The Hall–Kier alpha value is -1.11. The normalized spacial score (nSPS) is 21.8. The van der Waals surface area contributed by atoms with E-state index in [1.807, 2.05) is 0 Å². The van der Waals surface area contributed by atoms with Crippen LogP contribution in [0.4, 0.5) is 30.7 Å². The van der Waals surface area contributed by atoms with Crippen LogP contribution in [-0.4, -0.2) is 40.0 Å². The summed E-state index contributed by atoms with van der Waals surface area (Å²) in [5, 5.41) is 0.767. The number of hydrogen-bond acceptors (Lipinski definition) is 2. The minimum Gasteiger partial charge on any atom is -0.272 e. The van der Waals surface area contributed by atoms with Crippen molar-refractivity contribution in [3.8, 4) is 0 Å². The topological polar surface area (TPSA) is 29.5 Å². The Bertz CT molecular complexity index is 654. The molecule has 2 rings (SSSR count). The van der Waals surface area contributed by atoms with Gasteiger partial charge in [0, 0.05) is 10.8 Å². The summed E-state index contributed by atoms with van der Waals surface area (Å²) in [5.41, 5.74) is 0.675. The molecule has 1 fully saturated rings. The van der Waals surface area contributed by atoms with Gasteiger partial charge < -0.3 is 0 Å². The lowest BCUT2D eigenvalue weighted by atomic mass is 9.89. The van der Waals surface area contributed by atoms with Crippen molar-refractivity contribution >= 4 is 28.5 Å². The number of hydroxylamine groups is 2. The van der Waals surface area contributed by atoms with Crippen molar-refractivity contribution in [3.05, 3.63) is 35.9 Å². The molecule has 11 heteroatoms. The molecule has 1 amide bonds. The zero-order chi connectivity index (χ0) is 20.5. The van der Waals surface area contributed by atoms with Gasteiger partial charge in [0.1, 0.15) is 6.61 Å². The van der Waals surface area contributed by atoms with Crippen LogP contribution in [0.15, 0.2) is 30.3 Å². The fourth-order valence-electron chi connectivity index (χ4n) is 2.68. The molecule has 1 aromatic rings. The number of rotatable bonds is 7. The summed E-state index contributed by atoms with van der Waals surface area (Å²) in [6.07, 6.45) is -8.32. The first-order valence-electron chi connectivity index (χ1n) is 7.77. The molecule has 0 saturated carbocycles. The number of carbonyl (C=O) groups is 1. The highest BCUT2D eigenvalue weighted by Gasteiger charge is 2.73. The first kappa shape index (κ1) is 22.2. The van der Waals surface area contributed by atoms with Crippen LogP contribution in [0.5, 0.6) is 0 Å². The van der Waals surface area contributed by atoms with E-state index in [2.05, 4.69) is 0 Å². The number of halogens is 8. The Labute approximate surface area is 163 Å². The first-order chi connectivity index (χ1) is 12.4. The Morgan fingerprint density at radius 2 is 1.67 bits per heavy atom. The van der Waals surface area contributed by atoms with Crippen LogP contribution in [0.25, 0.3) is 0 Å². The third-order valence-electron chi connectivity index (χ3n) is 4.25. The van der Waals surface area contributed by atoms with Crippen LogP contribution in [0.3, 0.4) is 0 Å². The summed E-state index contributed by atoms with van der Waals surface area (Å²) in [6, 6.07) is 8.54.